The Morgan fingerprint density at radius 1 is 1.38 bits per heavy atom. The Labute approximate surface area is 129 Å². The summed E-state index contributed by atoms with van der Waals surface area (Å²) in [5, 5.41) is 13.4. The maximum absolute atomic E-state index is 12.5. The zero-order chi connectivity index (χ0) is 14.8. The molecule has 0 radical (unpaired) electrons. The fourth-order valence-corrected chi connectivity index (χ4v) is 3.69. The highest BCUT2D eigenvalue weighted by molar-refractivity contribution is 7.20. The van der Waals surface area contributed by atoms with Crippen LogP contribution in [-0.4, -0.2) is 39.5 Å². The zero-order valence-corrected chi connectivity index (χ0v) is 12.8. The topological polar surface area (TPSA) is 70.5 Å². The normalized spacial score (nSPS) is 14.1. The number of thiazole rings is 1. The van der Waals surface area contributed by atoms with E-state index in [1.54, 1.807) is 21.6 Å². The first-order chi connectivity index (χ1) is 10.1. The van der Waals surface area contributed by atoms with E-state index < -0.39 is 5.97 Å². The molecule has 1 fully saturated rings. The number of carboxylic acids is 1. The Morgan fingerprint density at radius 2 is 2.19 bits per heavy atom. The van der Waals surface area contributed by atoms with Crippen LogP contribution in [0.2, 0.25) is 0 Å². The van der Waals surface area contributed by atoms with Crippen LogP contribution in [0.4, 0.5) is 0 Å². The van der Waals surface area contributed by atoms with Gasteiger partial charge in [0.25, 0.3) is 5.91 Å². The minimum absolute atomic E-state index is 0.0237. The molecule has 0 bridgehead atoms. The van der Waals surface area contributed by atoms with Crippen molar-refractivity contribution < 1.29 is 14.7 Å². The summed E-state index contributed by atoms with van der Waals surface area (Å²) in [5.74, 6) is -1.04. The fourth-order valence-electron chi connectivity index (χ4n) is 2.08. The summed E-state index contributed by atoms with van der Waals surface area (Å²) < 4.78 is 0. The number of carbonyl (C=O) groups excluding carboxylic acids is 1. The number of aromatic nitrogens is 1. The van der Waals surface area contributed by atoms with E-state index in [9.17, 15) is 9.59 Å². The molecule has 0 unspecified atom stereocenters. The van der Waals surface area contributed by atoms with Gasteiger partial charge in [-0.1, -0.05) is 6.07 Å². The predicted molar refractivity (Wildman–Crippen MR) is 81.7 cm³/mol. The van der Waals surface area contributed by atoms with Crippen LogP contribution in [0.1, 0.15) is 29.8 Å². The smallest absolute Gasteiger partial charge is 0.305 e. The summed E-state index contributed by atoms with van der Waals surface area (Å²) in [4.78, 5) is 30.3. The predicted octanol–water partition coefficient (Wildman–Crippen LogP) is 2.95. The molecule has 0 aliphatic heterocycles. The minimum Gasteiger partial charge on any atom is -0.481 e. The Morgan fingerprint density at radius 3 is 2.81 bits per heavy atom. The summed E-state index contributed by atoms with van der Waals surface area (Å²) >= 11 is 3.03. The first-order valence-electron chi connectivity index (χ1n) is 6.67. The van der Waals surface area contributed by atoms with Crippen LogP contribution in [0.5, 0.6) is 0 Å². The van der Waals surface area contributed by atoms with Gasteiger partial charge in [-0.25, -0.2) is 4.98 Å². The Kier molecular flexibility index (Phi) is 4.03. The van der Waals surface area contributed by atoms with Gasteiger partial charge in [0.15, 0.2) is 0 Å². The SMILES string of the molecule is O=C(O)CCN(C(=O)c1csc(-c2cccs2)n1)C1CC1. The Bertz CT molecular complexity index is 647. The van der Waals surface area contributed by atoms with Crippen molar-refractivity contribution in [3.8, 4) is 9.88 Å². The van der Waals surface area contributed by atoms with Crippen molar-refractivity contribution >= 4 is 34.6 Å². The van der Waals surface area contributed by atoms with Gasteiger partial charge >= 0.3 is 5.97 Å². The second-order valence-corrected chi connectivity index (χ2v) is 6.69. The Hall–Kier alpha value is -1.73. The van der Waals surface area contributed by atoms with E-state index in [-0.39, 0.29) is 24.9 Å². The second kappa shape index (κ2) is 5.95. The molecule has 5 nitrogen and oxygen atoms in total. The molecule has 7 heteroatoms. The van der Waals surface area contributed by atoms with Crippen molar-refractivity contribution in [3.05, 3.63) is 28.6 Å². The highest BCUT2D eigenvalue weighted by Crippen LogP contribution is 2.31. The molecule has 2 aromatic heterocycles. The largest absolute Gasteiger partial charge is 0.481 e. The lowest BCUT2D eigenvalue weighted by atomic mass is 10.3. The van der Waals surface area contributed by atoms with Gasteiger partial charge in [0.05, 0.1) is 11.3 Å². The average Bonchev–Trinajstić information content (AvgIpc) is 2.96. The van der Waals surface area contributed by atoms with Crippen LogP contribution < -0.4 is 0 Å². The van der Waals surface area contributed by atoms with Gasteiger partial charge in [0.1, 0.15) is 10.7 Å². The van der Waals surface area contributed by atoms with Gasteiger partial charge in [-0.05, 0) is 24.3 Å². The van der Waals surface area contributed by atoms with Crippen molar-refractivity contribution in [1.82, 2.24) is 9.88 Å². The summed E-state index contributed by atoms with van der Waals surface area (Å²) in [7, 11) is 0. The first-order valence-corrected chi connectivity index (χ1v) is 8.43. The molecule has 0 aromatic carbocycles. The van der Waals surface area contributed by atoms with Gasteiger partial charge in [0.2, 0.25) is 0 Å². The molecule has 1 aliphatic rings. The van der Waals surface area contributed by atoms with Gasteiger partial charge in [0, 0.05) is 18.0 Å². The van der Waals surface area contributed by atoms with Gasteiger partial charge in [-0.2, -0.15) is 0 Å². The van der Waals surface area contributed by atoms with E-state index in [0.717, 1.165) is 22.7 Å². The van der Waals surface area contributed by atoms with E-state index in [1.807, 2.05) is 17.5 Å². The number of carboxylic acid groups (broad SMARTS) is 1. The molecular formula is C14H14N2O3S2. The molecule has 2 heterocycles. The summed E-state index contributed by atoms with van der Waals surface area (Å²) in [6.07, 6.45) is 1.88. The van der Waals surface area contributed by atoms with Crippen molar-refractivity contribution in [3.63, 3.8) is 0 Å². The summed E-state index contributed by atoms with van der Waals surface area (Å²) in [6.45, 7) is 0.255. The van der Waals surface area contributed by atoms with Crippen molar-refractivity contribution in [2.75, 3.05) is 6.54 Å². The number of hydrogen-bond donors (Lipinski definition) is 1. The number of aliphatic carboxylic acids is 1. The minimum atomic E-state index is -0.883. The second-order valence-electron chi connectivity index (χ2n) is 4.89. The van der Waals surface area contributed by atoms with Crippen molar-refractivity contribution in [1.29, 1.82) is 0 Å². The lowest BCUT2D eigenvalue weighted by molar-refractivity contribution is -0.137. The van der Waals surface area contributed by atoms with Crippen molar-refractivity contribution in [2.45, 2.75) is 25.3 Å². The van der Waals surface area contributed by atoms with Crippen LogP contribution in [0.15, 0.2) is 22.9 Å². The maximum Gasteiger partial charge on any atom is 0.305 e. The zero-order valence-electron chi connectivity index (χ0n) is 11.2. The first kappa shape index (κ1) is 14.2. The summed E-state index contributed by atoms with van der Waals surface area (Å²) in [5.41, 5.74) is 0.417. The molecule has 21 heavy (non-hydrogen) atoms. The van der Waals surface area contributed by atoms with Crippen LogP contribution in [0.25, 0.3) is 9.88 Å². The Balaban J connectivity index is 1.75. The molecule has 1 N–H and O–H groups in total. The van der Waals surface area contributed by atoms with Gasteiger partial charge in [-0.3, -0.25) is 9.59 Å². The molecule has 0 saturated heterocycles. The maximum atomic E-state index is 12.5. The van der Waals surface area contributed by atoms with Crippen LogP contribution in [0, 0.1) is 0 Å². The molecule has 3 rings (SSSR count). The van der Waals surface area contributed by atoms with Gasteiger partial charge in [-0.15, -0.1) is 22.7 Å². The number of nitrogens with zero attached hydrogens (tertiary/aromatic N) is 2. The standard InChI is InChI=1S/C14H14N2O3S2/c17-12(18)5-6-16(9-3-4-9)14(19)10-8-21-13(15-10)11-2-1-7-20-11/h1-2,7-9H,3-6H2,(H,17,18). The lowest BCUT2D eigenvalue weighted by Gasteiger charge is -2.20. The third-order valence-electron chi connectivity index (χ3n) is 3.27. The highest BCUT2D eigenvalue weighted by Gasteiger charge is 2.34. The van der Waals surface area contributed by atoms with E-state index >= 15 is 0 Å². The molecule has 110 valence electrons. The number of thiophene rings is 1. The molecule has 1 saturated carbocycles. The van der Waals surface area contributed by atoms with Crippen LogP contribution in [0.3, 0.4) is 0 Å². The van der Waals surface area contributed by atoms with E-state index in [0.29, 0.717) is 5.69 Å². The summed E-state index contributed by atoms with van der Waals surface area (Å²) in [6, 6.07) is 4.11. The number of amides is 1. The third kappa shape index (κ3) is 3.30. The van der Waals surface area contributed by atoms with Crippen LogP contribution >= 0.6 is 22.7 Å². The van der Waals surface area contributed by atoms with Crippen molar-refractivity contribution in [2.24, 2.45) is 0 Å². The third-order valence-corrected chi connectivity index (χ3v) is 5.15. The molecule has 1 amide bonds. The van der Waals surface area contributed by atoms with E-state index in [1.165, 1.54) is 11.3 Å². The number of rotatable bonds is 6. The molecule has 2 aromatic rings. The number of carbonyl (C=O) groups is 2. The highest BCUT2D eigenvalue weighted by atomic mass is 32.1. The lowest BCUT2D eigenvalue weighted by Crippen LogP contribution is -2.35. The average molecular weight is 322 g/mol. The van der Waals surface area contributed by atoms with Gasteiger partial charge < -0.3 is 10.0 Å². The molecule has 0 spiro atoms. The fraction of sp³-hybridized carbons (Fsp3) is 0.357. The molecule has 1 aliphatic carbocycles. The molecular weight excluding hydrogens is 308 g/mol. The van der Waals surface area contributed by atoms with Crippen LogP contribution in [-0.2, 0) is 4.79 Å². The molecule has 0 atom stereocenters. The number of hydrogen-bond acceptors (Lipinski definition) is 5. The quantitative estimate of drug-likeness (QED) is 0.887. The monoisotopic (exact) mass is 322 g/mol. The van der Waals surface area contributed by atoms with E-state index in [2.05, 4.69) is 4.98 Å². The van der Waals surface area contributed by atoms with E-state index in [4.69, 9.17) is 5.11 Å².